The standard InChI is InChI=1S/C32H31FN8O3S/c1-32(2,3)14-27(42)37-22-12-20(15-34-16-22)25-13-23-26(17-36-25)40-41-29(23)31-38-24-5-7-35-28(30(24)39-31)19-9-18(10-21(33)11-19)6-8-45(4,43)44/h5,7,9-13,15-17H,6,8,14H2,1-4H3,(H,37,42)(H,38,39)(H,40,41). The molecule has 230 valence electrons. The molecule has 0 unspecified atom stereocenters. The average Bonchev–Trinajstić information content (AvgIpc) is 3.58. The lowest BCUT2D eigenvalue weighted by Crippen LogP contribution is -2.19. The molecule has 0 saturated carbocycles. The number of rotatable bonds is 8. The molecule has 0 aliphatic heterocycles. The van der Waals surface area contributed by atoms with Gasteiger partial charge < -0.3 is 10.3 Å². The number of fused-ring (bicyclic) bond motifs is 2. The fraction of sp³-hybridized carbons (Fsp3) is 0.250. The van der Waals surface area contributed by atoms with Crippen LogP contribution in [-0.4, -0.2) is 61.5 Å². The van der Waals surface area contributed by atoms with Gasteiger partial charge in [0, 0.05) is 41.6 Å². The van der Waals surface area contributed by atoms with Gasteiger partial charge in [-0.15, -0.1) is 0 Å². The predicted octanol–water partition coefficient (Wildman–Crippen LogP) is 5.73. The van der Waals surface area contributed by atoms with Gasteiger partial charge in [0.05, 0.1) is 46.3 Å². The number of carbonyl (C=O) groups excluding carboxylic acids is 1. The van der Waals surface area contributed by atoms with Crippen LogP contribution in [0, 0.1) is 11.2 Å². The first-order chi connectivity index (χ1) is 21.3. The van der Waals surface area contributed by atoms with Crippen LogP contribution in [0.5, 0.6) is 0 Å². The van der Waals surface area contributed by atoms with Crippen molar-refractivity contribution in [3.8, 4) is 34.0 Å². The quantitative estimate of drug-likeness (QED) is 0.193. The Balaban J connectivity index is 1.34. The minimum atomic E-state index is -3.21. The highest BCUT2D eigenvalue weighted by Gasteiger charge is 2.19. The van der Waals surface area contributed by atoms with Gasteiger partial charge in [-0.05, 0) is 53.8 Å². The molecule has 0 fully saturated rings. The molecule has 0 saturated heterocycles. The Morgan fingerprint density at radius 3 is 2.58 bits per heavy atom. The third kappa shape index (κ3) is 6.88. The van der Waals surface area contributed by atoms with E-state index in [0.717, 1.165) is 11.6 Å². The monoisotopic (exact) mass is 626 g/mol. The maximum Gasteiger partial charge on any atom is 0.224 e. The molecule has 6 rings (SSSR count). The lowest BCUT2D eigenvalue weighted by Gasteiger charge is -2.17. The Hall–Kier alpha value is -5.04. The van der Waals surface area contributed by atoms with Crippen molar-refractivity contribution in [3.05, 3.63) is 72.6 Å². The van der Waals surface area contributed by atoms with Gasteiger partial charge >= 0.3 is 0 Å². The number of aromatic amines is 2. The number of carbonyl (C=O) groups is 1. The van der Waals surface area contributed by atoms with Crippen molar-refractivity contribution in [2.24, 2.45) is 5.41 Å². The van der Waals surface area contributed by atoms with Gasteiger partial charge in [-0.25, -0.2) is 17.8 Å². The molecule has 5 aromatic heterocycles. The lowest BCUT2D eigenvalue weighted by molar-refractivity contribution is -0.117. The van der Waals surface area contributed by atoms with Crippen molar-refractivity contribution >= 4 is 43.4 Å². The van der Waals surface area contributed by atoms with Crippen LogP contribution in [0.3, 0.4) is 0 Å². The molecule has 0 aliphatic carbocycles. The van der Waals surface area contributed by atoms with Crippen molar-refractivity contribution in [1.29, 1.82) is 0 Å². The Kier molecular flexibility index (Phi) is 7.65. The summed E-state index contributed by atoms with van der Waals surface area (Å²) in [4.78, 5) is 33.9. The number of aryl methyl sites for hydroxylation is 1. The Morgan fingerprint density at radius 1 is 0.978 bits per heavy atom. The molecule has 1 aromatic carbocycles. The molecular formula is C32H31FN8O3S. The molecule has 0 bridgehead atoms. The highest BCUT2D eigenvalue weighted by Crippen LogP contribution is 2.32. The summed E-state index contributed by atoms with van der Waals surface area (Å²) in [7, 11) is -3.21. The number of sulfone groups is 1. The molecule has 0 atom stereocenters. The van der Waals surface area contributed by atoms with E-state index in [0.29, 0.717) is 68.3 Å². The average molecular weight is 627 g/mol. The van der Waals surface area contributed by atoms with Crippen molar-refractivity contribution in [1.82, 2.24) is 35.1 Å². The summed E-state index contributed by atoms with van der Waals surface area (Å²) >= 11 is 0. The van der Waals surface area contributed by atoms with Crippen LogP contribution in [0.1, 0.15) is 32.8 Å². The minimum absolute atomic E-state index is 0.0879. The summed E-state index contributed by atoms with van der Waals surface area (Å²) < 4.78 is 38.0. The van der Waals surface area contributed by atoms with Crippen molar-refractivity contribution in [2.45, 2.75) is 33.6 Å². The summed E-state index contributed by atoms with van der Waals surface area (Å²) in [5.74, 6) is -0.201. The first-order valence-corrected chi connectivity index (χ1v) is 16.3. The lowest BCUT2D eigenvalue weighted by atomic mass is 9.92. The number of anilines is 1. The normalized spacial score (nSPS) is 12.2. The highest BCUT2D eigenvalue weighted by molar-refractivity contribution is 7.90. The summed E-state index contributed by atoms with van der Waals surface area (Å²) in [6.45, 7) is 6.01. The number of benzene rings is 1. The van der Waals surface area contributed by atoms with E-state index in [4.69, 9.17) is 4.98 Å². The number of imidazole rings is 1. The molecule has 45 heavy (non-hydrogen) atoms. The Labute approximate surface area is 258 Å². The molecule has 0 aliphatic rings. The molecule has 0 radical (unpaired) electrons. The fourth-order valence-electron chi connectivity index (χ4n) is 5.08. The van der Waals surface area contributed by atoms with E-state index in [9.17, 15) is 17.6 Å². The number of nitrogens with one attached hydrogen (secondary N) is 3. The summed E-state index contributed by atoms with van der Waals surface area (Å²) in [6, 6.07) is 9.89. The zero-order valence-electron chi connectivity index (χ0n) is 25.1. The van der Waals surface area contributed by atoms with Crippen LogP contribution >= 0.6 is 0 Å². The molecule has 13 heteroatoms. The fourth-order valence-corrected chi connectivity index (χ4v) is 5.69. The Bertz CT molecular complexity index is 2180. The number of nitrogens with zero attached hydrogens (tertiary/aromatic N) is 5. The topological polar surface area (TPSA) is 159 Å². The Morgan fingerprint density at radius 2 is 1.80 bits per heavy atom. The SMILES string of the molecule is CC(C)(C)CC(=O)Nc1cncc(-c2cc3c(-c4nc5c(-c6cc(F)cc(CCS(C)(=O)=O)c6)nccc5[nH]4)n[nH]c3cn2)c1. The van der Waals surface area contributed by atoms with Gasteiger partial charge in [-0.1, -0.05) is 20.8 Å². The van der Waals surface area contributed by atoms with E-state index in [-0.39, 0.29) is 23.5 Å². The van der Waals surface area contributed by atoms with Crippen LogP contribution in [0.15, 0.2) is 61.2 Å². The van der Waals surface area contributed by atoms with Crippen molar-refractivity contribution < 1.29 is 17.6 Å². The van der Waals surface area contributed by atoms with E-state index < -0.39 is 15.7 Å². The van der Waals surface area contributed by atoms with Crippen molar-refractivity contribution in [2.75, 3.05) is 17.3 Å². The second-order valence-corrected chi connectivity index (χ2v) is 14.6. The predicted molar refractivity (Wildman–Crippen MR) is 172 cm³/mol. The van der Waals surface area contributed by atoms with E-state index in [2.05, 4.69) is 35.5 Å². The zero-order valence-corrected chi connectivity index (χ0v) is 26.0. The number of aromatic nitrogens is 7. The largest absolute Gasteiger partial charge is 0.336 e. The molecule has 3 N–H and O–H groups in total. The summed E-state index contributed by atoms with van der Waals surface area (Å²) in [6.07, 6.45) is 8.26. The number of pyridine rings is 3. The second kappa shape index (κ2) is 11.5. The molecule has 11 nitrogen and oxygen atoms in total. The van der Waals surface area contributed by atoms with Crippen LogP contribution in [0.4, 0.5) is 10.1 Å². The van der Waals surface area contributed by atoms with E-state index in [1.54, 1.807) is 36.9 Å². The maximum absolute atomic E-state index is 14.6. The first-order valence-electron chi connectivity index (χ1n) is 14.2. The van der Waals surface area contributed by atoms with Crippen LogP contribution < -0.4 is 5.32 Å². The molecule has 0 spiro atoms. The molecule has 1 amide bonds. The van der Waals surface area contributed by atoms with Crippen LogP contribution in [0.2, 0.25) is 0 Å². The molecular weight excluding hydrogens is 595 g/mol. The summed E-state index contributed by atoms with van der Waals surface area (Å²) in [5.41, 5.74) is 5.69. The number of halogens is 1. The maximum atomic E-state index is 14.6. The summed E-state index contributed by atoms with van der Waals surface area (Å²) in [5, 5.41) is 11.2. The van der Waals surface area contributed by atoms with Crippen LogP contribution in [0.25, 0.3) is 56.0 Å². The van der Waals surface area contributed by atoms with E-state index in [1.165, 1.54) is 12.1 Å². The second-order valence-electron chi connectivity index (χ2n) is 12.3. The number of hydrogen-bond donors (Lipinski definition) is 3. The highest BCUT2D eigenvalue weighted by atomic mass is 32.2. The van der Waals surface area contributed by atoms with Gasteiger partial charge in [-0.3, -0.25) is 24.8 Å². The van der Waals surface area contributed by atoms with E-state index >= 15 is 0 Å². The molecule has 5 heterocycles. The smallest absolute Gasteiger partial charge is 0.224 e. The number of amides is 1. The number of hydrogen-bond acceptors (Lipinski definition) is 8. The van der Waals surface area contributed by atoms with Gasteiger partial charge in [0.25, 0.3) is 0 Å². The minimum Gasteiger partial charge on any atom is -0.336 e. The molecule has 6 aromatic rings. The zero-order chi connectivity index (χ0) is 31.9. The first kappa shape index (κ1) is 30.0. The third-order valence-electron chi connectivity index (χ3n) is 7.07. The van der Waals surface area contributed by atoms with Gasteiger partial charge in [0.15, 0.2) is 5.82 Å². The van der Waals surface area contributed by atoms with Gasteiger partial charge in [0.1, 0.15) is 26.9 Å². The van der Waals surface area contributed by atoms with Gasteiger partial charge in [0.2, 0.25) is 5.91 Å². The van der Waals surface area contributed by atoms with Gasteiger partial charge in [-0.2, -0.15) is 5.10 Å². The number of H-pyrrole nitrogens is 2. The van der Waals surface area contributed by atoms with Crippen molar-refractivity contribution in [3.63, 3.8) is 0 Å². The van der Waals surface area contributed by atoms with E-state index in [1.807, 2.05) is 32.9 Å². The third-order valence-corrected chi connectivity index (χ3v) is 8.02. The van der Waals surface area contributed by atoms with Crippen LogP contribution in [-0.2, 0) is 21.1 Å².